The Morgan fingerprint density at radius 3 is 2.36 bits per heavy atom. The molecule has 0 aliphatic carbocycles. The van der Waals surface area contributed by atoms with Crippen molar-refractivity contribution in [3.05, 3.63) is 94.3 Å². The van der Waals surface area contributed by atoms with E-state index in [1.165, 1.54) is 0 Å². The maximum Gasteiger partial charge on any atom is 0.335 e. The van der Waals surface area contributed by atoms with Crippen LogP contribution < -0.4 is 5.32 Å². The molecule has 0 aliphatic rings. The summed E-state index contributed by atoms with van der Waals surface area (Å²) in [6, 6.07) is 18.6. The van der Waals surface area contributed by atoms with Crippen LogP contribution in [0.1, 0.15) is 80.3 Å². The third-order valence-corrected chi connectivity index (χ3v) is 7.00. The Kier molecular flexibility index (Phi) is 9.70. The second kappa shape index (κ2) is 12.4. The van der Waals surface area contributed by atoms with E-state index >= 15 is 0 Å². The summed E-state index contributed by atoms with van der Waals surface area (Å²) in [7, 11) is 0. The van der Waals surface area contributed by atoms with Crippen LogP contribution in [-0.2, 0) is 16.6 Å². The number of aliphatic hydroxyl groups excluding tert-OH is 1. The molecule has 0 heterocycles. The van der Waals surface area contributed by atoms with E-state index in [1.54, 1.807) is 25.1 Å². The van der Waals surface area contributed by atoms with E-state index in [1.807, 2.05) is 84.0 Å². The van der Waals surface area contributed by atoms with Gasteiger partial charge in [0, 0.05) is 12.1 Å². The molecule has 3 aromatic carbocycles. The quantitative estimate of drug-likeness (QED) is 0.250. The Labute approximate surface area is 232 Å². The molecule has 0 unspecified atom stereocenters. The van der Waals surface area contributed by atoms with Crippen molar-refractivity contribution in [2.24, 2.45) is 0 Å². The SMILES string of the molecule is Cc1ccc(CC(C)(C)NC[C@@H](O)CO[C@H](C)c2ccccc2-c2ccc(C(=O)O)c(C(C)(C)C)c2)cc1F. The minimum Gasteiger partial charge on any atom is -0.478 e. The summed E-state index contributed by atoms with van der Waals surface area (Å²) in [6.07, 6.45) is -0.397. The zero-order valence-corrected chi connectivity index (χ0v) is 24.1. The molecule has 0 spiro atoms. The fraction of sp³-hybridized carbons (Fsp3) is 0.424. The fourth-order valence-corrected chi connectivity index (χ4v) is 4.75. The van der Waals surface area contributed by atoms with Crippen molar-refractivity contribution in [1.29, 1.82) is 0 Å². The summed E-state index contributed by atoms with van der Waals surface area (Å²) in [6.45, 7) is 14.2. The molecule has 2 atom stereocenters. The number of carboxylic acid groups (broad SMARTS) is 1. The van der Waals surface area contributed by atoms with E-state index < -0.39 is 12.1 Å². The Hall–Kier alpha value is -3.06. The van der Waals surface area contributed by atoms with Crippen LogP contribution in [0.15, 0.2) is 60.7 Å². The van der Waals surface area contributed by atoms with Crippen molar-refractivity contribution < 1.29 is 24.1 Å². The number of aromatic carboxylic acids is 1. The largest absolute Gasteiger partial charge is 0.478 e. The average molecular weight is 536 g/mol. The number of halogens is 1. The van der Waals surface area contributed by atoms with Crippen LogP contribution in [0.3, 0.4) is 0 Å². The Morgan fingerprint density at radius 1 is 1.03 bits per heavy atom. The van der Waals surface area contributed by atoms with Gasteiger partial charge in [-0.25, -0.2) is 9.18 Å². The van der Waals surface area contributed by atoms with Gasteiger partial charge >= 0.3 is 5.97 Å². The summed E-state index contributed by atoms with van der Waals surface area (Å²) in [5.74, 6) is -1.15. The zero-order chi connectivity index (χ0) is 29.0. The second-order valence-corrected chi connectivity index (χ2v) is 12.1. The van der Waals surface area contributed by atoms with Gasteiger partial charge in [-0.1, -0.05) is 63.2 Å². The summed E-state index contributed by atoms with van der Waals surface area (Å²) in [4.78, 5) is 11.8. The molecule has 39 heavy (non-hydrogen) atoms. The maximum atomic E-state index is 13.9. The van der Waals surface area contributed by atoms with Gasteiger partial charge in [-0.2, -0.15) is 0 Å². The normalized spacial score (nSPS) is 13.8. The zero-order valence-electron chi connectivity index (χ0n) is 24.1. The van der Waals surface area contributed by atoms with Crippen molar-refractivity contribution in [3.63, 3.8) is 0 Å². The molecule has 0 amide bonds. The first-order valence-corrected chi connectivity index (χ1v) is 13.4. The highest BCUT2D eigenvalue weighted by Gasteiger charge is 2.24. The van der Waals surface area contributed by atoms with Gasteiger partial charge in [0.15, 0.2) is 0 Å². The first-order valence-electron chi connectivity index (χ1n) is 13.4. The highest BCUT2D eigenvalue weighted by Crippen LogP contribution is 2.34. The molecule has 210 valence electrons. The van der Waals surface area contributed by atoms with Gasteiger partial charge in [0.05, 0.1) is 24.4 Å². The highest BCUT2D eigenvalue weighted by molar-refractivity contribution is 5.91. The van der Waals surface area contributed by atoms with Crippen LogP contribution in [0.2, 0.25) is 0 Å². The minimum atomic E-state index is -0.937. The van der Waals surface area contributed by atoms with Crippen LogP contribution in [0.4, 0.5) is 4.39 Å². The molecule has 0 bridgehead atoms. The molecule has 3 aromatic rings. The van der Waals surface area contributed by atoms with Crippen molar-refractivity contribution in [2.45, 2.75) is 78.0 Å². The molecular formula is C33H42FNO4. The van der Waals surface area contributed by atoms with Gasteiger partial charge in [0.25, 0.3) is 0 Å². The summed E-state index contributed by atoms with van der Waals surface area (Å²) in [5.41, 5.74) is 4.78. The lowest BCUT2D eigenvalue weighted by Crippen LogP contribution is -2.46. The maximum absolute atomic E-state index is 13.9. The van der Waals surface area contributed by atoms with Gasteiger partial charge in [0.2, 0.25) is 0 Å². The average Bonchev–Trinajstić information content (AvgIpc) is 2.87. The molecule has 5 nitrogen and oxygen atoms in total. The molecule has 0 fully saturated rings. The third-order valence-electron chi connectivity index (χ3n) is 7.00. The number of hydrogen-bond donors (Lipinski definition) is 3. The molecule has 0 radical (unpaired) electrons. The van der Waals surface area contributed by atoms with E-state index in [0.717, 1.165) is 27.8 Å². The van der Waals surface area contributed by atoms with Crippen molar-refractivity contribution in [2.75, 3.05) is 13.2 Å². The van der Waals surface area contributed by atoms with Gasteiger partial charge in [-0.05, 0) is 91.1 Å². The van der Waals surface area contributed by atoms with E-state index in [2.05, 4.69) is 5.32 Å². The number of rotatable bonds is 11. The van der Waals surface area contributed by atoms with E-state index in [9.17, 15) is 19.4 Å². The van der Waals surface area contributed by atoms with Crippen molar-refractivity contribution in [1.82, 2.24) is 5.32 Å². The topological polar surface area (TPSA) is 78.8 Å². The highest BCUT2D eigenvalue weighted by atomic mass is 19.1. The van der Waals surface area contributed by atoms with E-state index in [-0.39, 0.29) is 29.5 Å². The van der Waals surface area contributed by atoms with E-state index in [4.69, 9.17) is 4.74 Å². The number of benzene rings is 3. The van der Waals surface area contributed by atoms with Gasteiger partial charge in [-0.15, -0.1) is 0 Å². The predicted molar refractivity (Wildman–Crippen MR) is 155 cm³/mol. The molecule has 6 heteroatoms. The summed E-state index contributed by atoms with van der Waals surface area (Å²) in [5, 5.41) is 23.7. The fourth-order valence-electron chi connectivity index (χ4n) is 4.75. The van der Waals surface area contributed by atoms with Crippen LogP contribution in [0.5, 0.6) is 0 Å². The smallest absolute Gasteiger partial charge is 0.335 e. The third kappa shape index (κ3) is 8.21. The van der Waals surface area contributed by atoms with Crippen LogP contribution >= 0.6 is 0 Å². The Balaban J connectivity index is 1.66. The number of aryl methyl sites for hydroxylation is 1. The predicted octanol–water partition coefficient (Wildman–Crippen LogP) is 6.85. The number of ether oxygens (including phenoxy) is 1. The Bertz CT molecular complexity index is 1300. The summed E-state index contributed by atoms with van der Waals surface area (Å²) >= 11 is 0. The molecule has 0 aromatic heterocycles. The number of nitrogens with one attached hydrogen (secondary N) is 1. The number of carbonyl (C=O) groups is 1. The molecule has 0 saturated carbocycles. The molecule has 0 saturated heterocycles. The molecule has 0 aliphatic heterocycles. The van der Waals surface area contributed by atoms with Crippen molar-refractivity contribution in [3.8, 4) is 11.1 Å². The number of hydrogen-bond acceptors (Lipinski definition) is 4. The lowest BCUT2D eigenvalue weighted by Gasteiger charge is -2.28. The van der Waals surface area contributed by atoms with Crippen LogP contribution in [0, 0.1) is 12.7 Å². The van der Waals surface area contributed by atoms with E-state index in [0.29, 0.717) is 24.1 Å². The molecular weight excluding hydrogens is 493 g/mol. The lowest BCUT2D eigenvalue weighted by molar-refractivity contribution is -0.00397. The lowest BCUT2D eigenvalue weighted by atomic mass is 9.81. The monoisotopic (exact) mass is 535 g/mol. The first-order chi connectivity index (χ1) is 18.2. The van der Waals surface area contributed by atoms with Crippen molar-refractivity contribution >= 4 is 5.97 Å². The molecule has 3 N–H and O–H groups in total. The van der Waals surface area contributed by atoms with Gasteiger partial charge in [0.1, 0.15) is 5.82 Å². The summed E-state index contributed by atoms with van der Waals surface area (Å²) < 4.78 is 20.0. The number of carboxylic acids is 1. The molecule has 3 rings (SSSR count). The standard InChI is InChI=1S/C33H42FNO4/c1-21-12-13-23(16-30(21)34)18-33(6,7)35-19-25(36)20-39-22(2)26-10-8-9-11-27(26)24-14-15-28(31(37)38)29(17-24)32(3,4)5/h8-17,22,25,35-36H,18-20H2,1-7H3,(H,37,38)/t22-,25-/m1/s1. The number of aliphatic hydroxyl groups is 1. The number of β-amino-alcohol motifs (C(OH)–C–C–N with tert-alkyl or cyclic N) is 1. The Morgan fingerprint density at radius 2 is 1.72 bits per heavy atom. The van der Waals surface area contributed by atoms with Gasteiger partial charge in [-0.3, -0.25) is 0 Å². The second-order valence-electron chi connectivity index (χ2n) is 12.1. The van der Waals surface area contributed by atoms with Crippen LogP contribution in [-0.4, -0.2) is 41.0 Å². The van der Waals surface area contributed by atoms with Crippen LogP contribution in [0.25, 0.3) is 11.1 Å². The minimum absolute atomic E-state index is 0.142. The van der Waals surface area contributed by atoms with Gasteiger partial charge < -0.3 is 20.3 Å². The first kappa shape index (κ1) is 30.5.